The van der Waals surface area contributed by atoms with Gasteiger partial charge in [-0.15, -0.1) is 11.6 Å². The van der Waals surface area contributed by atoms with Gasteiger partial charge < -0.3 is 9.30 Å². The summed E-state index contributed by atoms with van der Waals surface area (Å²) in [4.78, 5) is 4.46. The number of hydrogen-bond acceptors (Lipinski definition) is 2. The largest absolute Gasteiger partial charge is 0.379 e. The van der Waals surface area contributed by atoms with Gasteiger partial charge in [0.15, 0.2) is 0 Å². The van der Waals surface area contributed by atoms with E-state index >= 15 is 0 Å². The van der Waals surface area contributed by atoms with Gasteiger partial charge in [-0.2, -0.15) is 0 Å². The van der Waals surface area contributed by atoms with Crippen molar-refractivity contribution in [3.8, 4) is 0 Å². The summed E-state index contributed by atoms with van der Waals surface area (Å²) in [6.45, 7) is 5.55. The van der Waals surface area contributed by atoms with Crippen LogP contribution in [0.5, 0.6) is 0 Å². The van der Waals surface area contributed by atoms with Crippen LogP contribution in [0.15, 0.2) is 16.6 Å². The molecule has 0 bridgehead atoms. The summed E-state index contributed by atoms with van der Waals surface area (Å²) < 4.78 is 21.7. The van der Waals surface area contributed by atoms with Crippen LogP contribution >= 0.6 is 27.5 Å². The molecule has 2 rings (SSSR count). The highest BCUT2D eigenvalue weighted by Gasteiger charge is 2.12. The molecule has 0 N–H and O–H groups in total. The Balaban J connectivity index is 2.12. The Bertz CT molecular complexity index is 615. The SMILES string of the molecule is CC(C)OCCCCn1c(CCl)nc2cc(Br)c(F)cc21. The number of nitrogens with zero attached hydrogens (tertiary/aromatic N) is 2. The summed E-state index contributed by atoms with van der Waals surface area (Å²) in [6, 6.07) is 3.20. The monoisotopic (exact) mass is 376 g/mol. The Kier molecular flexibility index (Phi) is 6.02. The first-order valence-corrected chi connectivity index (χ1v) is 8.37. The van der Waals surface area contributed by atoms with Gasteiger partial charge >= 0.3 is 0 Å². The number of benzene rings is 1. The lowest BCUT2D eigenvalue weighted by atomic mass is 10.3. The molecule has 0 aliphatic rings. The number of alkyl halides is 1. The number of ether oxygens (including phenoxy) is 1. The van der Waals surface area contributed by atoms with E-state index in [-0.39, 0.29) is 11.9 Å². The van der Waals surface area contributed by atoms with E-state index < -0.39 is 0 Å². The maximum absolute atomic E-state index is 13.7. The van der Waals surface area contributed by atoms with Gasteiger partial charge in [0.2, 0.25) is 0 Å². The molecule has 1 aromatic carbocycles. The van der Waals surface area contributed by atoms with E-state index in [9.17, 15) is 4.39 Å². The zero-order chi connectivity index (χ0) is 15.4. The molecular formula is C15H19BrClFN2O. The zero-order valence-corrected chi connectivity index (χ0v) is 14.5. The minimum absolute atomic E-state index is 0.254. The second-order valence-corrected chi connectivity index (χ2v) is 6.32. The van der Waals surface area contributed by atoms with Gasteiger partial charge in [-0.25, -0.2) is 9.37 Å². The first-order valence-electron chi connectivity index (χ1n) is 7.04. The number of aromatic nitrogens is 2. The third kappa shape index (κ3) is 4.18. The van der Waals surface area contributed by atoms with Crippen molar-refractivity contribution < 1.29 is 9.13 Å². The Hall–Kier alpha value is -0.650. The van der Waals surface area contributed by atoms with Gasteiger partial charge in [-0.1, -0.05) is 0 Å². The number of halogens is 3. The molecule has 0 unspecified atom stereocenters. The second kappa shape index (κ2) is 7.56. The van der Waals surface area contributed by atoms with Crippen LogP contribution in [0, 0.1) is 5.82 Å². The highest BCUT2D eigenvalue weighted by molar-refractivity contribution is 9.10. The lowest BCUT2D eigenvalue weighted by molar-refractivity contribution is 0.0754. The molecule has 2 aromatic rings. The topological polar surface area (TPSA) is 27.1 Å². The average Bonchev–Trinajstić information content (AvgIpc) is 2.76. The maximum atomic E-state index is 13.7. The van der Waals surface area contributed by atoms with E-state index in [0.29, 0.717) is 10.4 Å². The lowest BCUT2D eigenvalue weighted by Crippen LogP contribution is -2.07. The smallest absolute Gasteiger partial charge is 0.139 e. The van der Waals surface area contributed by atoms with Gasteiger partial charge in [0.25, 0.3) is 0 Å². The van der Waals surface area contributed by atoms with E-state index in [0.717, 1.165) is 42.9 Å². The molecule has 0 atom stereocenters. The Morgan fingerprint density at radius 1 is 1.38 bits per heavy atom. The van der Waals surface area contributed by atoms with Gasteiger partial charge in [0, 0.05) is 19.2 Å². The molecule has 0 aliphatic carbocycles. The molecule has 0 saturated heterocycles. The van der Waals surface area contributed by atoms with Crippen molar-refractivity contribution in [1.29, 1.82) is 0 Å². The van der Waals surface area contributed by atoms with Crippen LogP contribution in [-0.4, -0.2) is 22.3 Å². The van der Waals surface area contributed by atoms with Crippen LogP contribution in [0.2, 0.25) is 0 Å². The molecule has 1 heterocycles. The van der Waals surface area contributed by atoms with Crippen LogP contribution < -0.4 is 0 Å². The van der Waals surface area contributed by atoms with Crippen molar-refractivity contribution in [2.24, 2.45) is 0 Å². The van der Waals surface area contributed by atoms with Gasteiger partial charge in [-0.05, 0) is 48.7 Å². The number of aryl methyl sites for hydroxylation is 1. The highest BCUT2D eigenvalue weighted by atomic mass is 79.9. The molecule has 0 radical (unpaired) electrons. The molecule has 0 fully saturated rings. The molecule has 0 spiro atoms. The molecule has 3 nitrogen and oxygen atoms in total. The number of hydrogen-bond donors (Lipinski definition) is 0. The molecule has 1 aromatic heterocycles. The Morgan fingerprint density at radius 3 is 2.81 bits per heavy atom. The first kappa shape index (κ1) is 16.7. The minimum Gasteiger partial charge on any atom is -0.379 e. The Labute approximate surface area is 137 Å². The van der Waals surface area contributed by atoms with Crippen molar-refractivity contribution in [2.75, 3.05) is 6.61 Å². The average molecular weight is 378 g/mol. The van der Waals surface area contributed by atoms with Gasteiger partial charge in [-0.3, -0.25) is 0 Å². The number of imidazole rings is 1. The number of fused-ring (bicyclic) bond motifs is 1. The van der Waals surface area contributed by atoms with Gasteiger partial charge in [0.1, 0.15) is 11.6 Å². The van der Waals surface area contributed by atoms with E-state index in [1.165, 1.54) is 6.07 Å². The van der Waals surface area contributed by atoms with Crippen LogP contribution in [0.1, 0.15) is 32.5 Å². The third-order valence-corrected chi connectivity index (χ3v) is 4.06. The van der Waals surface area contributed by atoms with E-state index in [1.54, 1.807) is 6.07 Å². The van der Waals surface area contributed by atoms with Crippen LogP contribution in [-0.2, 0) is 17.2 Å². The molecule has 0 amide bonds. The highest BCUT2D eigenvalue weighted by Crippen LogP contribution is 2.25. The fourth-order valence-corrected chi connectivity index (χ4v) is 2.75. The summed E-state index contributed by atoms with van der Waals surface area (Å²) in [7, 11) is 0. The van der Waals surface area contributed by atoms with Crippen LogP contribution in [0.3, 0.4) is 0 Å². The lowest BCUT2D eigenvalue weighted by Gasteiger charge is -2.09. The molecule has 0 saturated carbocycles. The van der Waals surface area contributed by atoms with Crippen molar-refractivity contribution >= 4 is 38.6 Å². The first-order chi connectivity index (χ1) is 10.0. The van der Waals surface area contributed by atoms with Gasteiger partial charge in [0.05, 0.1) is 27.5 Å². The summed E-state index contributed by atoms with van der Waals surface area (Å²) in [5, 5.41) is 0. The molecule has 21 heavy (non-hydrogen) atoms. The van der Waals surface area contributed by atoms with Crippen LogP contribution in [0.4, 0.5) is 4.39 Å². The Morgan fingerprint density at radius 2 is 2.14 bits per heavy atom. The van der Waals surface area contributed by atoms with Crippen molar-refractivity contribution in [2.45, 2.75) is 45.2 Å². The summed E-state index contributed by atoms with van der Waals surface area (Å²) in [5.41, 5.74) is 1.55. The molecular weight excluding hydrogens is 359 g/mol. The molecule has 0 aliphatic heterocycles. The van der Waals surface area contributed by atoms with Crippen molar-refractivity contribution in [1.82, 2.24) is 9.55 Å². The van der Waals surface area contributed by atoms with E-state index in [4.69, 9.17) is 16.3 Å². The second-order valence-electron chi connectivity index (χ2n) is 5.19. The molecule has 6 heteroatoms. The predicted molar refractivity (Wildman–Crippen MR) is 87.3 cm³/mol. The summed E-state index contributed by atoms with van der Waals surface area (Å²) in [6.07, 6.45) is 2.15. The predicted octanol–water partition coefficient (Wildman–Crippen LogP) is 4.88. The summed E-state index contributed by atoms with van der Waals surface area (Å²) in [5.74, 6) is 0.804. The molecule has 116 valence electrons. The van der Waals surface area contributed by atoms with E-state index in [2.05, 4.69) is 20.9 Å². The van der Waals surface area contributed by atoms with Crippen LogP contribution in [0.25, 0.3) is 11.0 Å². The van der Waals surface area contributed by atoms with Crippen molar-refractivity contribution in [3.05, 3.63) is 28.2 Å². The standard InChI is InChI=1S/C15H19BrClFN2O/c1-10(2)21-6-4-3-5-20-14-8-12(18)11(16)7-13(14)19-15(20)9-17/h7-8,10H,3-6,9H2,1-2H3. The zero-order valence-electron chi connectivity index (χ0n) is 12.2. The minimum atomic E-state index is -0.284. The maximum Gasteiger partial charge on any atom is 0.139 e. The fraction of sp³-hybridized carbons (Fsp3) is 0.533. The normalized spacial score (nSPS) is 11.7. The quantitative estimate of drug-likeness (QED) is 0.508. The fourth-order valence-electron chi connectivity index (χ4n) is 2.21. The summed E-state index contributed by atoms with van der Waals surface area (Å²) >= 11 is 9.14. The number of unbranched alkanes of at least 4 members (excludes halogenated alkanes) is 1. The third-order valence-electron chi connectivity index (χ3n) is 3.22. The number of rotatable bonds is 7. The van der Waals surface area contributed by atoms with E-state index in [1.807, 2.05) is 18.4 Å². The van der Waals surface area contributed by atoms with Crippen molar-refractivity contribution in [3.63, 3.8) is 0 Å².